The first-order valence-corrected chi connectivity index (χ1v) is 7.88. The molecule has 1 aliphatic carbocycles. The number of hydrogen-bond donors (Lipinski definition) is 2. The van der Waals surface area contributed by atoms with E-state index < -0.39 is 0 Å². The number of nitrogens with one attached hydrogen (secondary N) is 2. The Labute approximate surface area is 136 Å². The molecule has 116 valence electrons. The Hall–Kier alpha value is -1.58. The molecular formula is C18H21ClN2O. The molecule has 0 saturated carbocycles. The van der Waals surface area contributed by atoms with Crippen molar-refractivity contribution in [2.75, 3.05) is 18.4 Å². The highest BCUT2D eigenvalue weighted by Gasteiger charge is 2.22. The first-order chi connectivity index (χ1) is 10.3. The number of anilines is 1. The van der Waals surface area contributed by atoms with Crippen molar-refractivity contribution in [2.24, 2.45) is 5.92 Å². The Morgan fingerprint density at radius 3 is 2.55 bits per heavy atom. The van der Waals surface area contributed by atoms with Crippen molar-refractivity contribution in [3.8, 4) is 0 Å². The van der Waals surface area contributed by atoms with Crippen LogP contribution in [0.15, 0.2) is 30.3 Å². The molecule has 4 heteroatoms. The Kier molecular flexibility index (Phi) is 4.37. The van der Waals surface area contributed by atoms with Crippen LogP contribution in [0.5, 0.6) is 0 Å². The van der Waals surface area contributed by atoms with E-state index in [1.807, 2.05) is 0 Å². The second-order valence-electron chi connectivity index (χ2n) is 6.13. The number of hydrogen-bond acceptors (Lipinski definition) is 2. The van der Waals surface area contributed by atoms with Crippen molar-refractivity contribution in [1.29, 1.82) is 0 Å². The van der Waals surface area contributed by atoms with Crippen molar-refractivity contribution in [2.45, 2.75) is 25.7 Å². The van der Waals surface area contributed by atoms with Gasteiger partial charge in [-0.3, -0.25) is 4.79 Å². The van der Waals surface area contributed by atoms with Crippen molar-refractivity contribution in [1.82, 2.24) is 5.32 Å². The van der Waals surface area contributed by atoms with E-state index in [2.05, 4.69) is 41.0 Å². The van der Waals surface area contributed by atoms with Crippen molar-refractivity contribution in [3.05, 3.63) is 41.5 Å². The van der Waals surface area contributed by atoms with E-state index in [4.69, 9.17) is 0 Å². The summed E-state index contributed by atoms with van der Waals surface area (Å²) in [6.45, 7) is 1.89. The van der Waals surface area contributed by atoms with Crippen LogP contribution >= 0.6 is 12.4 Å². The molecule has 0 radical (unpaired) electrons. The summed E-state index contributed by atoms with van der Waals surface area (Å²) in [5, 5.41) is 9.04. The molecule has 2 aromatic carbocycles. The molecule has 0 unspecified atom stereocenters. The van der Waals surface area contributed by atoms with Gasteiger partial charge in [-0.2, -0.15) is 0 Å². The third-order valence-electron chi connectivity index (χ3n) is 4.84. The summed E-state index contributed by atoms with van der Waals surface area (Å²) in [6, 6.07) is 10.7. The fraction of sp³-hybridized carbons (Fsp3) is 0.389. The molecule has 2 aliphatic rings. The van der Waals surface area contributed by atoms with Gasteiger partial charge in [-0.25, -0.2) is 0 Å². The molecule has 1 saturated heterocycles. The number of halogens is 1. The monoisotopic (exact) mass is 316 g/mol. The maximum Gasteiger partial charge on any atom is 0.227 e. The van der Waals surface area contributed by atoms with Gasteiger partial charge in [0.15, 0.2) is 0 Å². The van der Waals surface area contributed by atoms with Gasteiger partial charge in [0.25, 0.3) is 0 Å². The second kappa shape index (κ2) is 6.27. The highest BCUT2D eigenvalue weighted by Crippen LogP contribution is 2.35. The van der Waals surface area contributed by atoms with Crippen LogP contribution in [0.2, 0.25) is 0 Å². The molecule has 2 aromatic rings. The van der Waals surface area contributed by atoms with Gasteiger partial charge < -0.3 is 10.6 Å². The molecule has 0 spiro atoms. The molecule has 1 heterocycles. The Bertz CT molecular complexity index is 697. The minimum atomic E-state index is 0. The second-order valence-corrected chi connectivity index (χ2v) is 6.13. The number of amides is 1. The fourth-order valence-corrected chi connectivity index (χ4v) is 3.67. The highest BCUT2D eigenvalue weighted by molar-refractivity contribution is 6.05. The molecule has 22 heavy (non-hydrogen) atoms. The van der Waals surface area contributed by atoms with Crippen LogP contribution < -0.4 is 10.6 Å². The fourth-order valence-electron chi connectivity index (χ4n) is 3.67. The third-order valence-corrected chi connectivity index (χ3v) is 4.84. The van der Waals surface area contributed by atoms with Crippen molar-refractivity contribution < 1.29 is 4.79 Å². The van der Waals surface area contributed by atoms with Crippen LogP contribution in [-0.4, -0.2) is 19.0 Å². The zero-order valence-electron chi connectivity index (χ0n) is 12.5. The van der Waals surface area contributed by atoms with E-state index >= 15 is 0 Å². The largest absolute Gasteiger partial charge is 0.325 e. The Balaban J connectivity index is 0.00000144. The van der Waals surface area contributed by atoms with E-state index in [0.29, 0.717) is 0 Å². The van der Waals surface area contributed by atoms with Crippen LogP contribution in [0.3, 0.4) is 0 Å². The van der Waals surface area contributed by atoms with E-state index in [9.17, 15) is 4.79 Å². The molecule has 1 amide bonds. The standard InChI is InChI=1S/C18H20N2O.ClH/c21-18(14-8-10-19-11-9-14)20-16-7-6-13-5-4-12-2-1-3-15(16)17(12)13;/h1-3,6-7,14,19H,4-5,8-11H2,(H,20,21);1H. The summed E-state index contributed by atoms with van der Waals surface area (Å²) in [7, 11) is 0. The number of rotatable bonds is 2. The predicted octanol–water partition coefficient (Wildman–Crippen LogP) is 3.30. The van der Waals surface area contributed by atoms with Gasteiger partial charge >= 0.3 is 0 Å². The number of carbonyl (C=O) groups excluding carboxylic acids is 1. The molecule has 0 bridgehead atoms. The van der Waals surface area contributed by atoms with Crippen LogP contribution in [0.1, 0.15) is 24.0 Å². The van der Waals surface area contributed by atoms with Gasteiger partial charge in [0, 0.05) is 17.0 Å². The first-order valence-electron chi connectivity index (χ1n) is 7.88. The lowest BCUT2D eigenvalue weighted by atomic mass is 9.96. The minimum Gasteiger partial charge on any atom is -0.325 e. The zero-order valence-corrected chi connectivity index (χ0v) is 13.3. The topological polar surface area (TPSA) is 41.1 Å². The molecule has 1 aliphatic heterocycles. The summed E-state index contributed by atoms with van der Waals surface area (Å²) in [5.41, 5.74) is 3.81. The predicted molar refractivity (Wildman–Crippen MR) is 92.8 cm³/mol. The van der Waals surface area contributed by atoms with Gasteiger partial charge in [-0.05, 0) is 61.4 Å². The summed E-state index contributed by atoms with van der Waals surface area (Å²) >= 11 is 0. The van der Waals surface area contributed by atoms with Crippen LogP contribution in [0.25, 0.3) is 10.8 Å². The third kappa shape index (κ3) is 2.59. The molecule has 0 atom stereocenters. The summed E-state index contributed by atoms with van der Waals surface area (Å²) < 4.78 is 0. The molecule has 2 N–H and O–H groups in total. The van der Waals surface area contributed by atoms with Gasteiger partial charge in [0.2, 0.25) is 5.91 Å². The SMILES string of the molecule is Cl.O=C(Nc1ccc2c3c(cccc13)CC2)C1CCNCC1. The number of piperidine rings is 1. The maximum atomic E-state index is 12.5. The average molecular weight is 317 g/mol. The molecule has 3 nitrogen and oxygen atoms in total. The molecule has 0 aromatic heterocycles. The number of benzene rings is 2. The lowest BCUT2D eigenvalue weighted by Gasteiger charge is -2.22. The van der Waals surface area contributed by atoms with Gasteiger partial charge in [0.1, 0.15) is 0 Å². The number of aryl methyl sites for hydroxylation is 2. The van der Waals surface area contributed by atoms with Gasteiger partial charge in [-0.15, -0.1) is 12.4 Å². The van der Waals surface area contributed by atoms with Gasteiger partial charge in [0.05, 0.1) is 0 Å². The Morgan fingerprint density at radius 1 is 1.05 bits per heavy atom. The van der Waals surface area contributed by atoms with E-state index in [0.717, 1.165) is 44.5 Å². The maximum absolute atomic E-state index is 12.5. The van der Waals surface area contributed by atoms with Crippen molar-refractivity contribution in [3.63, 3.8) is 0 Å². The summed E-state index contributed by atoms with van der Waals surface area (Å²) in [5.74, 6) is 0.324. The molecule has 4 rings (SSSR count). The van der Waals surface area contributed by atoms with E-state index in [-0.39, 0.29) is 24.2 Å². The average Bonchev–Trinajstić information content (AvgIpc) is 2.96. The van der Waals surface area contributed by atoms with Gasteiger partial charge in [-0.1, -0.05) is 24.3 Å². The lowest BCUT2D eigenvalue weighted by Crippen LogP contribution is -2.34. The molecular weight excluding hydrogens is 296 g/mol. The zero-order chi connectivity index (χ0) is 14.2. The van der Waals surface area contributed by atoms with Crippen molar-refractivity contribution >= 4 is 34.8 Å². The van der Waals surface area contributed by atoms with Crippen LogP contribution in [0, 0.1) is 5.92 Å². The quantitative estimate of drug-likeness (QED) is 0.892. The van der Waals surface area contributed by atoms with Crippen LogP contribution in [0.4, 0.5) is 5.69 Å². The lowest BCUT2D eigenvalue weighted by molar-refractivity contribution is -0.120. The highest BCUT2D eigenvalue weighted by atomic mass is 35.5. The van der Waals surface area contributed by atoms with E-state index in [1.54, 1.807) is 0 Å². The van der Waals surface area contributed by atoms with E-state index in [1.165, 1.54) is 21.9 Å². The molecule has 1 fully saturated rings. The number of carbonyl (C=O) groups is 1. The summed E-state index contributed by atoms with van der Waals surface area (Å²) in [6.07, 6.45) is 4.12. The smallest absolute Gasteiger partial charge is 0.227 e. The Morgan fingerprint density at radius 2 is 1.77 bits per heavy atom. The minimum absolute atomic E-state index is 0. The summed E-state index contributed by atoms with van der Waals surface area (Å²) in [4.78, 5) is 12.5. The normalized spacial score (nSPS) is 17.3. The first kappa shape index (κ1) is 15.3. The van der Waals surface area contributed by atoms with Crippen LogP contribution in [-0.2, 0) is 17.6 Å².